The fraction of sp³-hybridized carbons (Fsp3) is 0.423. The van der Waals surface area contributed by atoms with Crippen molar-refractivity contribution in [1.29, 1.82) is 0 Å². The van der Waals surface area contributed by atoms with Crippen molar-refractivity contribution in [3.8, 4) is 11.1 Å². The number of hydrogen-bond acceptors (Lipinski definition) is 4. The molecule has 7 heteroatoms. The molecule has 172 valence electrons. The van der Waals surface area contributed by atoms with E-state index in [0.717, 1.165) is 47.9 Å². The molecule has 2 fully saturated rings. The summed E-state index contributed by atoms with van der Waals surface area (Å²) >= 11 is 0. The number of carboxylic acid groups (broad SMARTS) is 1. The van der Waals surface area contributed by atoms with Crippen LogP contribution in [0.1, 0.15) is 49.1 Å². The molecule has 5 rings (SSSR count). The van der Waals surface area contributed by atoms with Gasteiger partial charge in [0.1, 0.15) is 18.7 Å². The predicted molar refractivity (Wildman–Crippen MR) is 122 cm³/mol. The molecule has 7 nitrogen and oxygen atoms in total. The third-order valence-corrected chi connectivity index (χ3v) is 7.05. The number of benzene rings is 2. The Bertz CT molecular complexity index is 1030. The van der Waals surface area contributed by atoms with E-state index in [1.807, 2.05) is 24.3 Å². The zero-order valence-corrected chi connectivity index (χ0v) is 18.4. The second kappa shape index (κ2) is 8.89. The summed E-state index contributed by atoms with van der Waals surface area (Å²) in [5, 5.41) is 12.3. The lowest BCUT2D eigenvalue weighted by Gasteiger charge is -2.35. The van der Waals surface area contributed by atoms with Crippen LogP contribution in [0.3, 0.4) is 0 Å². The number of amides is 2. The van der Waals surface area contributed by atoms with Crippen molar-refractivity contribution in [2.45, 2.75) is 50.1 Å². The molecule has 2 amide bonds. The molecule has 1 saturated heterocycles. The molecule has 0 bridgehead atoms. The van der Waals surface area contributed by atoms with Crippen LogP contribution < -0.4 is 5.32 Å². The Morgan fingerprint density at radius 3 is 2.21 bits per heavy atom. The number of nitrogens with one attached hydrogen (secondary N) is 1. The first-order chi connectivity index (χ1) is 16.0. The molecule has 0 spiro atoms. The molecule has 2 aliphatic carbocycles. The summed E-state index contributed by atoms with van der Waals surface area (Å²) in [7, 11) is 0. The molecule has 2 aromatic rings. The Labute approximate surface area is 192 Å². The van der Waals surface area contributed by atoms with Crippen LogP contribution in [0, 0.1) is 5.92 Å². The molecule has 1 aliphatic heterocycles. The zero-order chi connectivity index (χ0) is 22.9. The number of carboxylic acids is 1. The minimum atomic E-state index is -0.987. The first kappa shape index (κ1) is 21.5. The second-order valence-electron chi connectivity index (χ2n) is 9.17. The first-order valence-corrected chi connectivity index (χ1v) is 11.7. The minimum absolute atomic E-state index is 0.0364. The number of rotatable bonds is 6. The highest BCUT2D eigenvalue weighted by molar-refractivity contribution is 5.90. The summed E-state index contributed by atoms with van der Waals surface area (Å²) in [6, 6.07) is 14.7. The molecular weight excluding hydrogens is 420 g/mol. The highest BCUT2D eigenvalue weighted by Crippen LogP contribution is 2.44. The summed E-state index contributed by atoms with van der Waals surface area (Å²) in [5.41, 5.74) is 4.55. The van der Waals surface area contributed by atoms with Gasteiger partial charge in [0, 0.05) is 12.5 Å². The average molecular weight is 449 g/mol. The zero-order valence-electron chi connectivity index (χ0n) is 18.4. The summed E-state index contributed by atoms with van der Waals surface area (Å²) in [5.74, 6) is -1.32. The van der Waals surface area contributed by atoms with Crippen molar-refractivity contribution in [2.75, 3.05) is 13.2 Å². The van der Waals surface area contributed by atoms with Gasteiger partial charge in [0.15, 0.2) is 0 Å². The van der Waals surface area contributed by atoms with Crippen molar-refractivity contribution in [1.82, 2.24) is 10.2 Å². The van der Waals surface area contributed by atoms with Crippen LogP contribution in [0.15, 0.2) is 48.5 Å². The Balaban J connectivity index is 1.26. The van der Waals surface area contributed by atoms with Crippen LogP contribution in [0.4, 0.5) is 4.79 Å². The number of ether oxygens (including phenoxy) is 1. The van der Waals surface area contributed by atoms with Gasteiger partial charge in [-0.3, -0.25) is 4.79 Å². The van der Waals surface area contributed by atoms with Gasteiger partial charge in [-0.05, 0) is 60.3 Å². The van der Waals surface area contributed by atoms with Gasteiger partial charge in [-0.15, -0.1) is 0 Å². The lowest BCUT2D eigenvalue weighted by atomic mass is 9.98. The van der Waals surface area contributed by atoms with E-state index in [9.17, 15) is 19.5 Å². The van der Waals surface area contributed by atoms with Crippen molar-refractivity contribution < 1.29 is 24.2 Å². The van der Waals surface area contributed by atoms with E-state index in [1.165, 1.54) is 4.90 Å². The summed E-state index contributed by atoms with van der Waals surface area (Å²) in [6.07, 6.45) is 3.05. The average Bonchev–Trinajstić information content (AvgIpc) is 3.63. The topological polar surface area (TPSA) is 95.9 Å². The highest BCUT2D eigenvalue weighted by atomic mass is 16.5. The van der Waals surface area contributed by atoms with E-state index in [1.54, 1.807) is 0 Å². The van der Waals surface area contributed by atoms with Crippen LogP contribution in [0.25, 0.3) is 11.1 Å². The Hall–Kier alpha value is -3.35. The smallest absolute Gasteiger partial charge is 0.407 e. The molecule has 33 heavy (non-hydrogen) atoms. The van der Waals surface area contributed by atoms with Gasteiger partial charge in [0.25, 0.3) is 0 Å². The number of carbonyl (C=O) groups is 3. The maximum atomic E-state index is 13.2. The molecule has 2 aromatic carbocycles. The number of hydrogen-bond donors (Lipinski definition) is 2. The van der Waals surface area contributed by atoms with Crippen molar-refractivity contribution in [3.05, 3.63) is 59.7 Å². The van der Waals surface area contributed by atoms with Gasteiger partial charge in [-0.25, -0.2) is 9.59 Å². The molecule has 1 saturated carbocycles. The predicted octanol–water partition coefficient (Wildman–Crippen LogP) is 3.77. The molecule has 2 N–H and O–H groups in total. The van der Waals surface area contributed by atoms with E-state index < -0.39 is 24.1 Å². The van der Waals surface area contributed by atoms with Crippen LogP contribution in [-0.4, -0.2) is 53.2 Å². The highest BCUT2D eigenvalue weighted by Gasteiger charge is 2.43. The lowest BCUT2D eigenvalue weighted by molar-refractivity contribution is -0.153. The molecule has 2 unspecified atom stereocenters. The van der Waals surface area contributed by atoms with Crippen LogP contribution in [0.5, 0.6) is 0 Å². The normalized spacial score (nSPS) is 20.5. The summed E-state index contributed by atoms with van der Waals surface area (Å²) in [4.78, 5) is 39.0. The lowest BCUT2D eigenvalue weighted by Crippen LogP contribution is -2.56. The SMILES string of the molecule is O=C(NC(C(=O)N1CCCCC1C(=O)O)C1CC1)OCC1c2ccccc2-c2ccccc21. The number of likely N-dealkylation sites (tertiary alicyclic amines) is 1. The number of alkyl carbamates (subject to hydrolysis) is 1. The Morgan fingerprint density at radius 2 is 1.61 bits per heavy atom. The van der Waals surface area contributed by atoms with E-state index in [4.69, 9.17) is 4.74 Å². The number of aliphatic carboxylic acids is 1. The van der Waals surface area contributed by atoms with Crippen molar-refractivity contribution >= 4 is 18.0 Å². The molecule has 1 heterocycles. The second-order valence-corrected chi connectivity index (χ2v) is 9.17. The Morgan fingerprint density at radius 1 is 0.970 bits per heavy atom. The standard InChI is InChI=1S/C26H28N2O5/c29-24(28-14-6-5-11-22(28)25(30)31)23(16-12-13-16)27-26(32)33-15-21-19-9-3-1-7-17(19)18-8-2-4-10-20(18)21/h1-4,7-10,16,21-23H,5-6,11-15H2,(H,27,32)(H,30,31). The number of piperidine rings is 1. The third-order valence-electron chi connectivity index (χ3n) is 7.05. The van der Waals surface area contributed by atoms with Gasteiger partial charge in [0.2, 0.25) is 5.91 Å². The largest absolute Gasteiger partial charge is 0.480 e. The maximum absolute atomic E-state index is 13.2. The minimum Gasteiger partial charge on any atom is -0.480 e. The van der Waals surface area contributed by atoms with Gasteiger partial charge in [-0.1, -0.05) is 48.5 Å². The maximum Gasteiger partial charge on any atom is 0.407 e. The molecular formula is C26H28N2O5. The quantitative estimate of drug-likeness (QED) is 0.701. The molecule has 0 radical (unpaired) electrons. The van der Waals surface area contributed by atoms with E-state index in [-0.39, 0.29) is 24.3 Å². The van der Waals surface area contributed by atoms with Gasteiger partial charge >= 0.3 is 12.1 Å². The van der Waals surface area contributed by atoms with Gasteiger partial charge < -0.3 is 20.1 Å². The van der Waals surface area contributed by atoms with E-state index in [0.29, 0.717) is 13.0 Å². The first-order valence-electron chi connectivity index (χ1n) is 11.7. The van der Waals surface area contributed by atoms with Crippen LogP contribution in [0.2, 0.25) is 0 Å². The summed E-state index contributed by atoms with van der Waals surface area (Å²) < 4.78 is 5.62. The van der Waals surface area contributed by atoms with Crippen molar-refractivity contribution in [3.63, 3.8) is 0 Å². The Kier molecular flexibility index (Phi) is 5.79. The van der Waals surface area contributed by atoms with Gasteiger partial charge in [-0.2, -0.15) is 0 Å². The van der Waals surface area contributed by atoms with Gasteiger partial charge in [0.05, 0.1) is 0 Å². The summed E-state index contributed by atoms with van der Waals surface area (Å²) in [6.45, 7) is 0.582. The fourth-order valence-electron chi connectivity index (χ4n) is 5.21. The number of fused-ring (bicyclic) bond motifs is 3. The molecule has 3 aliphatic rings. The molecule has 0 aromatic heterocycles. The third kappa shape index (κ3) is 4.19. The monoisotopic (exact) mass is 448 g/mol. The van der Waals surface area contributed by atoms with E-state index >= 15 is 0 Å². The van der Waals surface area contributed by atoms with Crippen LogP contribution in [-0.2, 0) is 14.3 Å². The number of nitrogens with zero attached hydrogens (tertiary/aromatic N) is 1. The number of carbonyl (C=O) groups excluding carboxylic acids is 2. The van der Waals surface area contributed by atoms with Crippen LogP contribution >= 0.6 is 0 Å². The fourth-order valence-corrected chi connectivity index (χ4v) is 5.21. The van der Waals surface area contributed by atoms with Crippen molar-refractivity contribution in [2.24, 2.45) is 5.92 Å². The molecule has 2 atom stereocenters. The van der Waals surface area contributed by atoms with E-state index in [2.05, 4.69) is 29.6 Å².